The minimum atomic E-state index is 0.452. The Bertz CT molecular complexity index is 267. The molecular weight excluding hydrogens is 206 g/mol. The Morgan fingerprint density at radius 3 is 2.67 bits per heavy atom. The molecule has 0 heterocycles. The van der Waals surface area contributed by atoms with Crippen molar-refractivity contribution in [2.24, 2.45) is 16.7 Å². The molecule has 1 nitrogen and oxygen atoms in total. The van der Waals surface area contributed by atoms with E-state index in [4.69, 9.17) is 11.6 Å². The van der Waals surface area contributed by atoms with Gasteiger partial charge in [-0.05, 0) is 36.0 Å². The first-order chi connectivity index (χ1) is 7.00. The molecule has 2 rings (SSSR count). The second-order valence-electron chi connectivity index (χ2n) is 6.12. The normalized spacial score (nSPS) is 42.9. The maximum Gasteiger partial charge on any atom is 0.0178 e. The SMILES string of the molecule is CC12CCC(C1)C(C)(C)C2NC/C=C/Cl. The molecule has 2 saturated carbocycles. The van der Waals surface area contributed by atoms with Crippen molar-refractivity contribution in [1.29, 1.82) is 0 Å². The van der Waals surface area contributed by atoms with E-state index in [1.165, 1.54) is 19.3 Å². The number of rotatable bonds is 3. The van der Waals surface area contributed by atoms with Gasteiger partial charge in [0.05, 0.1) is 0 Å². The summed E-state index contributed by atoms with van der Waals surface area (Å²) in [7, 11) is 0. The fourth-order valence-corrected chi connectivity index (χ4v) is 4.13. The molecule has 86 valence electrons. The molecule has 1 N–H and O–H groups in total. The van der Waals surface area contributed by atoms with E-state index >= 15 is 0 Å². The topological polar surface area (TPSA) is 12.0 Å². The van der Waals surface area contributed by atoms with Crippen LogP contribution in [0, 0.1) is 16.7 Å². The number of halogens is 1. The molecule has 2 heteroatoms. The summed E-state index contributed by atoms with van der Waals surface area (Å²) in [6.07, 6.45) is 6.21. The Morgan fingerprint density at radius 2 is 2.13 bits per heavy atom. The highest BCUT2D eigenvalue weighted by molar-refractivity contribution is 6.25. The van der Waals surface area contributed by atoms with Crippen molar-refractivity contribution >= 4 is 11.6 Å². The summed E-state index contributed by atoms with van der Waals surface area (Å²) >= 11 is 5.55. The summed E-state index contributed by atoms with van der Waals surface area (Å²) in [6, 6.07) is 0.650. The summed E-state index contributed by atoms with van der Waals surface area (Å²) in [6.45, 7) is 8.19. The molecule has 2 aliphatic rings. The van der Waals surface area contributed by atoms with Gasteiger partial charge in [-0.2, -0.15) is 0 Å². The summed E-state index contributed by atoms with van der Waals surface area (Å²) in [5, 5.41) is 3.67. The molecule has 0 radical (unpaired) electrons. The lowest BCUT2D eigenvalue weighted by Gasteiger charge is -2.43. The van der Waals surface area contributed by atoms with Crippen LogP contribution in [0.3, 0.4) is 0 Å². The molecule has 0 spiro atoms. The highest BCUT2D eigenvalue weighted by Crippen LogP contribution is 2.62. The predicted octanol–water partition coefficient (Wildman–Crippen LogP) is 3.54. The van der Waals surface area contributed by atoms with E-state index in [-0.39, 0.29) is 0 Å². The van der Waals surface area contributed by atoms with Crippen molar-refractivity contribution in [2.75, 3.05) is 6.54 Å². The number of fused-ring (bicyclic) bond motifs is 2. The monoisotopic (exact) mass is 227 g/mol. The van der Waals surface area contributed by atoms with E-state index in [9.17, 15) is 0 Å². The summed E-state index contributed by atoms with van der Waals surface area (Å²) in [4.78, 5) is 0. The summed E-state index contributed by atoms with van der Waals surface area (Å²) in [5.74, 6) is 0.917. The van der Waals surface area contributed by atoms with E-state index in [1.54, 1.807) is 5.54 Å². The third kappa shape index (κ3) is 1.74. The molecule has 2 fully saturated rings. The van der Waals surface area contributed by atoms with Crippen molar-refractivity contribution in [1.82, 2.24) is 5.32 Å². The molecule has 0 aromatic rings. The maximum absolute atomic E-state index is 5.55. The van der Waals surface area contributed by atoms with E-state index in [1.807, 2.05) is 6.08 Å². The van der Waals surface area contributed by atoms with Gasteiger partial charge in [0.15, 0.2) is 0 Å². The first-order valence-electron chi connectivity index (χ1n) is 5.99. The van der Waals surface area contributed by atoms with Gasteiger partial charge in [0, 0.05) is 18.1 Å². The summed E-state index contributed by atoms with van der Waals surface area (Å²) in [5.41, 5.74) is 2.58. The van der Waals surface area contributed by atoms with Crippen LogP contribution in [0.4, 0.5) is 0 Å². The first-order valence-corrected chi connectivity index (χ1v) is 6.43. The minimum absolute atomic E-state index is 0.452. The quantitative estimate of drug-likeness (QED) is 0.778. The van der Waals surface area contributed by atoms with Crippen LogP contribution < -0.4 is 5.32 Å². The fourth-order valence-electron chi connectivity index (χ4n) is 4.04. The van der Waals surface area contributed by atoms with Gasteiger partial charge in [-0.25, -0.2) is 0 Å². The fraction of sp³-hybridized carbons (Fsp3) is 0.846. The molecule has 0 aromatic heterocycles. The smallest absolute Gasteiger partial charge is 0.0178 e. The van der Waals surface area contributed by atoms with E-state index in [0.717, 1.165) is 12.5 Å². The van der Waals surface area contributed by atoms with Crippen molar-refractivity contribution in [2.45, 2.75) is 46.1 Å². The van der Waals surface area contributed by atoms with Crippen LogP contribution in [0.25, 0.3) is 0 Å². The maximum atomic E-state index is 5.55. The molecule has 2 aliphatic carbocycles. The molecule has 0 amide bonds. The lowest BCUT2D eigenvalue weighted by molar-refractivity contribution is 0.112. The van der Waals surface area contributed by atoms with Crippen LogP contribution in [0.15, 0.2) is 11.6 Å². The highest BCUT2D eigenvalue weighted by Gasteiger charge is 2.58. The lowest BCUT2D eigenvalue weighted by atomic mass is 9.68. The van der Waals surface area contributed by atoms with Crippen molar-refractivity contribution in [3.8, 4) is 0 Å². The van der Waals surface area contributed by atoms with Gasteiger partial charge in [0.25, 0.3) is 0 Å². The van der Waals surface area contributed by atoms with Crippen molar-refractivity contribution in [3.05, 3.63) is 11.6 Å². The van der Waals surface area contributed by atoms with E-state index in [0.29, 0.717) is 16.9 Å². The van der Waals surface area contributed by atoms with Crippen LogP contribution in [-0.4, -0.2) is 12.6 Å². The molecule has 0 aliphatic heterocycles. The Hall–Kier alpha value is -0.0100. The zero-order valence-electron chi connectivity index (χ0n) is 10.0. The third-order valence-corrected chi connectivity index (χ3v) is 4.98. The molecule has 0 saturated heterocycles. The lowest BCUT2D eigenvalue weighted by Crippen LogP contribution is -2.50. The van der Waals surface area contributed by atoms with Gasteiger partial charge < -0.3 is 5.32 Å². The first kappa shape index (κ1) is 11.5. The van der Waals surface area contributed by atoms with Gasteiger partial charge >= 0.3 is 0 Å². The Labute approximate surface area is 98.3 Å². The highest BCUT2D eigenvalue weighted by atomic mass is 35.5. The molecule has 3 unspecified atom stereocenters. The Balaban J connectivity index is 2.08. The Kier molecular flexibility index (Phi) is 2.89. The van der Waals surface area contributed by atoms with Crippen molar-refractivity contribution in [3.63, 3.8) is 0 Å². The molecule has 2 bridgehead atoms. The average Bonchev–Trinajstić information content (AvgIpc) is 2.62. The van der Waals surface area contributed by atoms with Crippen molar-refractivity contribution < 1.29 is 0 Å². The summed E-state index contributed by atoms with van der Waals surface area (Å²) < 4.78 is 0. The van der Waals surface area contributed by atoms with Crippen LogP contribution in [-0.2, 0) is 0 Å². The third-order valence-electron chi connectivity index (χ3n) is 4.80. The zero-order valence-corrected chi connectivity index (χ0v) is 10.8. The number of hydrogen-bond acceptors (Lipinski definition) is 1. The molecular formula is C13H22ClN. The number of nitrogens with one attached hydrogen (secondary N) is 1. The second kappa shape index (κ2) is 3.78. The molecule has 0 aromatic carbocycles. The van der Waals surface area contributed by atoms with Gasteiger partial charge in [-0.15, -0.1) is 0 Å². The Morgan fingerprint density at radius 1 is 1.40 bits per heavy atom. The van der Waals surface area contributed by atoms with Gasteiger partial charge in [-0.3, -0.25) is 0 Å². The minimum Gasteiger partial charge on any atom is -0.309 e. The van der Waals surface area contributed by atoms with Crippen LogP contribution in [0.2, 0.25) is 0 Å². The number of hydrogen-bond donors (Lipinski definition) is 1. The van der Waals surface area contributed by atoms with Crippen LogP contribution >= 0.6 is 11.6 Å². The van der Waals surface area contributed by atoms with Crippen LogP contribution in [0.5, 0.6) is 0 Å². The van der Waals surface area contributed by atoms with Gasteiger partial charge in [-0.1, -0.05) is 38.4 Å². The molecule has 15 heavy (non-hydrogen) atoms. The van der Waals surface area contributed by atoms with Gasteiger partial charge in [0.1, 0.15) is 0 Å². The predicted molar refractivity (Wildman–Crippen MR) is 66.0 cm³/mol. The standard InChI is InChI=1S/C13H22ClN/c1-12(2)10-5-6-13(3,9-10)11(12)15-8-4-7-14/h4,7,10-11,15H,5-6,8-9H2,1-3H3/b7-4+. The zero-order chi connectivity index (χ0) is 11.1. The van der Waals surface area contributed by atoms with E-state index < -0.39 is 0 Å². The second-order valence-corrected chi connectivity index (χ2v) is 6.37. The van der Waals surface area contributed by atoms with Gasteiger partial charge in [0.2, 0.25) is 0 Å². The molecule has 3 atom stereocenters. The largest absolute Gasteiger partial charge is 0.309 e. The van der Waals surface area contributed by atoms with E-state index in [2.05, 4.69) is 26.1 Å². The average molecular weight is 228 g/mol. The van der Waals surface area contributed by atoms with Crippen LogP contribution in [0.1, 0.15) is 40.0 Å².